The first kappa shape index (κ1) is 13.7. The normalized spacial score (nSPS) is 12.7. The Hall–Kier alpha value is -1.24. The van der Waals surface area contributed by atoms with E-state index in [1.165, 1.54) is 0 Å². The number of nitrogens with zero attached hydrogens (tertiary/aromatic N) is 1. The smallest absolute Gasteiger partial charge is 0.107 e. The van der Waals surface area contributed by atoms with Gasteiger partial charge in [0.1, 0.15) is 5.01 Å². The maximum atomic E-state index is 12.4. The molecule has 1 heterocycles. The molecular formula is C14H11BrN2OS2. The Bertz CT molecular complexity index is 768. The van der Waals surface area contributed by atoms with Crippen molar-refractivity contribution >= 4 is 54.0 Å². The van der Waals surface area contributed by atoms with Gasteiger partial charge in [-0.2, -0.15) is 0 Å². The lowest BCUT2D eigenvalue weighted by atomic mass is 10.3. The number of anilines is 1. The third kappa shape index (κ3) is 2.77. The van der Waals surface area contributed by atoms with E-state index in [0.29, 0.717) is 11.4 Å². The van der Waals surface area contributed by atoms with Crippen LogP contribution in [-0.4, -0.2) is 9.19 Å². The topological polar surface area (TPSA) is 56.0 Å². The molecule has 2 aromatic carbocycles. The predicted molar refractivity (Wildman–Crippen MR) is 88.3 cm³/mol. The molecule has 20 heavy (non-hydrogen) atoms. The predicted octanol–water partition coefficient (Wildman–Crippen LogP) is 3.95. The molecule has 1 aromatic heterocycles. The molecule has 0 aliphatic heterocycles. The zero-order valence-electron chi connectivity index (χ0n) is 10.4. The summed E-state index contributed by atoms with van der Waals surface area (Å²) in [4.78, 5) is 5.26. The van der Waals surface area contributed by atoms with E-state index < -0.39 is 10.8 Å². The van der Waals surface area contributed by atoms with Gasteiger partial charge >= 0.3 is 0 Å². The highest BCUT2D eigenvalue weighted by molar-refractivity contribution is 9.10. The first-order valence-electron chi connectivity index (χ1n) is 5.91. The van der Waals surface area contributed by atoms with Crippen molar-refractivity contribution in [1.29, 1.82) is 0 Å². The van der Waals surface area contributed by atoms with Crippen LogP contribution in [0.2, 0.25) is 0 Å². The van der Waals surface area contributed by atoms with Crippen LogP contribution in [0.3, 0.4) is 0 Å². The molecule has 0 saturated heterocycles. The van der Waals surface area contributed by atoms with Crippen LogP contribution in [0, 0.1) is 0 Å². The monoisotopic (exact) mass is 366 g/mol. The van der Waals surface area contributed by atoms with Crippen molar-refractivity contribution < 1.29 is 4.21 Å². The highest BCUT2D eigenvalue weighted by Gasteiger charge is 2.12. The standard InChI is InChI=1S/C14H11BrN2OS2/c15-10-7-9(16)5-6-13(10)20(18)8-14-17-11-3-1-2-4-12(11)19-14/h1-7H,8,16H2. The Morgan fingerprint density at radius 2 is 2.05 bits per heavy atom. The van der Waals surface area contributed by atoms with Gasteiger partial charge in [0.05, 0.1) is 31.7 Å². The average molecular weight is 367 g/mol. The Balaban J connectivity index is 1.88. The van der Waals surface area contributed by atoms with Crippen molar-refractivity contribution in [3.05, 3.63) is 51.9 Å². The number of halogens is 1. The molecule has 3 aromatic rings. The summed E-state index contributed by atoms with van der Waals surface area (Å²) in [6.45, 7) is 0. The fourth-order valence-corrected chi connectivity index (χ4v) is 5.07. The highest BCUT2D eigenvalue weighted by atomic mass is 79.9. The average Bonchev–Trinajstić information content (AvgIpc) is 2.80. The highest BCUT2D eigenvalue weighted by Crippen LogP contribution is 2.27. The minimum atomic E-state index is -1.14. The number of benzene rings is 2. The zero-order chi connectivity index (χ0) is 14.1. The molecule has 0 amide bonds. The molecule has 0 spiro atoms. The van der Waals surface area contributed by atoms with E-state index in [0.717, 1.165) is 24.6 Å². The summed E-state index contributed by atoms with van der Waals surface area (Å²) in [6.07, 6.45) is 0. The van der Waals surface area contributed by atoms with E-state index >= 15 is 0 Å². The van der Waals surface area contributed by atoms with Crippen LogP contribution in [0.25, 0.3) is 10.2 Å². The number of para-hydroxylation sites is 1. The third-order valence-electron chi connectivity index (χ3n) is 2.79. The van der Waals surface area contributed by atoms with Gasteiger partial charge in [-0.25, -0.2) is 4.98 Å². The van der Waals surface area contributed by atoms with Gasteiger partial charge in [0.25, 0.3) is 0 Å². The van der Waals surface area contributed by atoms with Gasteiger partial charge in [0, 0.05) is 10.2 Å². The van der Waals surface area contributed by atoms with E-state index in [2.05, 4.69) is 20.9 Å². The lowest BCUT2D eigenvalue weighted by Gasteiger charge is -2.04. The van der Waals surface area contributed by atoms with Crippen LogP contribution in [0.4, 0.5) is 5.69 Å². The summed E-state index contributed by atoms with van der Waals surface area (Å²) in [6, 6.07) is 13.3. The second-order valence-corrected chi connectivity index (χ2v) is 7.64. The van der Waals surface area contributed by atoms with E-state index in [4.69, 9.17) is 5.73 Å². The summed E-state index contributed by atoms with van der Waals surface area (Å²) in [5, 5.41) is 0.883. The van der Waals surface area contributed by atoms with Crippen molar-refractivity contribution in [3.8, 4) is 0 Å². The molecule has 3 rings (SSSR count). The van der Waals surface area contributed by atoms with Gasteiger partial charge in [-0.15, -0.1) is 11.3 Å². The van der Waals surface area contributed by atoms with E-state index in [1.807, 2.05) is 24.3 Å². The van der Waals surface area contributed by atoms with Gasteiger partial charge in [0.2, 0.25) is 0 Å². The zero-order valence-corrected chi connectivity index (χ0v) is 13.6. The summed E-state index contributed by atoms with van der Waals surface area (Å²) >= 11 is 4.99. The Kier molecular flexibility index (Phi) is 3.87. The largest absolute Gasteiger partial charge is 0.399 e. The van der Waals surface area contributed by atoms with Crippen molar-refractivity contribution in [3.63, 3.8) is 0 Å². The molecule has 6 heteroatoms. The van der Waals surface area contributed by atoms with Crippen LogP contribution < -0.4 is 5.73 Å². The fourth-order valence-electron chi connectivity index (χ4n) is 1.87. The molecule has 0 bridgehead atoms. The summed E-state index contributed by atoms with van der Waals surface area (Å²) in [7, 11) is -1.14. The molecule has 0 aliphatic rings. The third-order valence-corrected chi connectivity index (χ3v) is 6.31. The lowest BCUT2D eigenvalue weighted by Crippen LogP contribution is -1.98. The van der Waals surface area contributed by atoms with Crippen LogP contribution in [0.1, 0.15) is 5.01 Å². The van der Waals surface area contributed by atoms with Gasteiger partial charge in [0.15, 0.2) is 0 Å². The molecule has 3 nitrogen and oxygen atoms in total. The second-order valence-electron chi connectivity index (χ2n) is 4.26. The van der Waals surface area contributed by atoms with Crippen molar-refractivity contribution in [2.24, 2.45) is 0 Å². The number of fused-ring (bicyclic) bond motifs is 1. The fraction of sp³-hybridized carbons (Fsp3) is 0.0714. The molecule has 2 N–H and O–H groups in total. The molecule has 0 fully saturated rings. The van der Waals surface area contributed by atoms with Gasteiger partial charge < -0.3 is 5.73 Å². The van der Waals surface area contributed by atoms with E-state index in [-0.39, 0.29) is 0 Å². The molecule has 1 unspecified atom stereocenters. The SMILES string of the molecule is Nc1ccc(S(=O)Cc2nc3ccccc3s2)c(Br)c1. The van der Waals surface area contributed by atoms with Crippen molar-refractivity contribution in [1.82, 2.24) is 4.98 Å². The number of hydrogen-bond donors (Lipinski definition) is 1. The summed E-state index contributed by atoms with van der Waals surface area (Å²) in [5.41, 5.74) is 7.30. The maximum absolute atomic E-state index is 12.4. The first-order chi connectivity index (χ1) is 9.63. The van der Waals surface area contributed by atoms with Crippen LogP contribution in [-0.2, 0) is 16.6 Å². The van der Waals surface area contributed by atoms with Crippen molar-refractivity contribution in [2.75, 3.05) is 5.73 Å². The Morgan fingerprint density at radius 1 is 1.25 bits per heavy atom. The number of aromatic nitrogens is 1. The van der Waals surface area contributed by atoms with Crippen LogP contribution in [0.5, 0.6) is 0 Å². The second kappa shape index (κ2) is 5.63. The van der Waals surface area contributed by atoms with Crippen LogP contribution in [0.15, 0.2) is 51.8 Å². The number of nitrogen functional groups attached to an aromatic ring is 1. The molecule has 0 radical (unpaired) electrons. The van der Waals surface area contributed by atoms with Crippen molar-refractivity contribution in [2.45, 2.75) is 10.6 Å². The Morgan fingerprint density at radius 3 is 2.80 bits per heavy atom. The Labute approximate surface area is 131 Å². The lowest BCUT2D eigenvalue weighted by molar-refractivity contribution is 0.682. The summed E-state index contributed by atoms with van der Waals surface area (Å²) < 4.78 is 14.3. The minimum Gasteiger partial charge on any atom is -0.399 e. The van der Waals surface area contributed by atoms with Gasteiger partial charge in [-0.05, 0) is 46.3 Å². The van der Waals surface area contributed by atoms with Gasteiger partial charge in [-0.3, -0.25) is 4.21 Å². The van der Waals surface area contributed by atoms with Gasteiger partial charge in [-0.1, -0.05) is 12.1 Å². The number of nitrogens with two attached hydrogens (primary N) is 1. The van der Waals surface area contributed by atoms with E-state index in [9.17, 15) is 4.21 Å². The molecule has 0 saturated carbocycles. The molecular weight excluding hydrogens is 356 g/mol. The quantitative estimate of drug-likeness (QED) is 0.714. The molecule has 1 atom stereocenters. The molecule has 0 aliphatic carbocycles. The first-order valence-corrected chi connectivity index (χ1v) is 8.84. The number of hydrogen-bond acceptors (Lipinski definition) is 4. The number of rotatable bonds is 3. The van der Waals surface area contributed by atoms with Crippen LogP contribution >= 0.6 is 27.3 Å². The molecule has 102 valence electrons. The summed E-state index contributed by atoms with van der Waals surface area (Å²) in [5.74, 6) is 0.419. The van der Waals surface area contributed by atoms with E-state index in [1.54, 1.807) is 29.5 Å². The number of thiazole rings is 1. The minimum absolute atomic E-state index is 0.419. The maximum Gasteiger partial charge on any atom is 0.107 e.